The molecule has 0 aliphatic carbocycles. The van der Waals surface area contributed by atoms with Gasteiger partial charge < -0.3 is 15.6 Å². The maximum absolute atomic E-state index is 10.3. The van der Waals surface area contributed by atoms with E-state index in [1.165, 1.54) is 32.1 Å². The molecule has 0 aliphatic rings. The molecule has 1 atom stereocenters. The summed E-state index contributed by atoms with van der Waals surface area (Å²) in [5.41, 5.74) is 5.32. The van der Waals surface area contributed by atoms with Crippen molar-refractivity contribution < 1.29 is 39.5 Å². The molecule has 0 aromatic heterocycles. The number of unbranched alkanes of at least 4 members (excludes halogenated alkanes) is 6. The van der Waals surface area contributed by atoms with Crippen LogP contribution >= 0.6 is 0 Å². The summed E-state index contributed by atoms with van der Waals surface area (Å²) in [6.45, 7) is 2.19. The summed E-state index contributed by atoms with van der Waals surface area (Å²) in [6.07, 6.45) is 8.85. The molecular weight excluding hydrogens is 201 g/mol. The quantitative estimate of drug-likeness (QED) is 0.371. The molecule has 15 heavy (non-hydrogen) atoms. The molecule has 4 heteroatoms. The Kier molecular flexibility index (Phi) is 14.8. The van der Waals surface area contributed by atoms with Crippen LogP contribution in [-0.4, -0.2) is 12.0 Å². The Balaban J connectivity index is 0. The molecule has 3 nitrogen and oxygen atoms in total. The molecule has 0 spiro atoms. The first kappa shape index (κ1) is 17.8. The fourth-order valence-corrected chi connectivity index (χ4v) is 1.44. The van der Waals surface area contributed by atoms with Gasteiger partial charge in [0.1, 0.15) is 0 Å². The fraction of sp³-hybridized carbons (Fsp3) is 0.909. The number of carboxylic acids is 1. The smallest absolute Gasteiger partial charge is 0.548 e. The van der Waals surface area contributed by atoms with E-state index >= 15 is 0 Å². The molecule has 2 N–H and O–H groups in total. The average molecular weight is 223 g/mol. The van der Waals surface area contributed by atoms with Gasteiger partial charge in [-0.25, -0.2) is 0 Å². The van der Waals surface area contributed by atoms with E-state index in [9.17, 15) is 9.90 Å². The van der Waals surface area contributed by atoms with E-state index in [4.69, 9.17) is 5.73 Å². The van der Waals surface area contributed by atoms with E-state index in [0.717, 1.165) is 12.8 Å². The Morgan fingerprint density at radius 1 is 1.13 bits per heavy atom. The van der Waals surface area contributed by atoms with Gasteiger partial charge in [0.15, 0.2) is 0 Å². The molecule has 0 amide bonds. The van der Waals surface area contributed by atoms with E-state index < -0.39 is 12.0 Å². The van der Waals surface area contributed by atoms with E-state index in [1.807, 2.05) is 0 Å². The van der Waals surface area contributed by atoms with Gasteiger partial charge in [-0.3, -0.25) is 0 Å². The number of aliphatic carboxylic acids is 1. The normalized spacial score (nSPS) is 11.9. The minimum Gasteiger partial charge on any atom is -0.548 e. The molecule has 0 aliphatic heterocycles. The van der Waals surface area contributed by atoms with Gasteiger partial charge in [-0.2, -0.15) is 0 Å². The molecule has 0 aromatic rings. The molecule has 84 valence electrons. The van der Waals surface area contributed by atoms with Crippen molar-refractivity contribution in [1.82, 2.24) is 0 Å². The number of carbonyl (C=O) groups is 1. The molecule has 0 fully saturated rings. The van der Waals surface area contributed by atoms with Gasteiger partial charge in [0.2, 0.25) is 0 Å². The van der Waals surface area contributed by atoms with Crippen LogP contribution in [0.2, 0.25) is 0 Å². The van der Waals surface area contributed by atoms with Gasteiger partial charge >= 0.3 is 29.6 Å². The topological polar surface area (TPSA) is 66.2 Å². The standard InChI is InChI=1S/C11H23NO2.Na/c1-2-3-4-5-6-7-8-9-10(12)11(13)14;/h10H,2-9,12H2,1H3,(H,13,14);/q;+1/p-1. The first-order chi connectivity index (χ1) is 6.68. The second-order valence-corrected chi connectivity index (χ2v) is 3.84. The van der Waals surface area contributed by atoms with Crippen molar-refractivity contribution in [3.05, 3.63) is 0 Å². The summed E-state index contributed by atoms with van der Waals surface area (Å²) in [7, 11) is 0. The second-order valence-electron chi connectivity index (χ2n) is 3.84. The van der Waals surface area contributed by atoms with Gasteiger partial charge in [0, 0.05) is 6.04 Å². The van der Waals surface area contributed by atoms with E-state index in [0.29, 0.717) is 6.42 Å². The van der Waals surface area contributed by atoms with Gasteiger partial charge in [0.05, 0.1) is 5.97 Å². The van der Waals surface area contributed by atoms with E-state index in [1.54, 1.807) is 0 Å². The number of carboxylic acid groups (broad SMARTS) is 1. The van der Waals surface area contributed by atoms with Crippen LogP contribution in [0, 0.1) is 0 Å². The minimum atomic E-state index is -1.13. The van der Waals surface area contributed by atoms with Crippen molar-refractivity contribution in [2.75, 3.05) is 0 Å². The van der Waals surface area contributed by atoms with Crippen LogP contribution in [0.15, 0.2) is 0 Å². The van der Waals surface area contributed by atoms with Gasteiger partial charge in [-0.15, -0.1) is 0 Å². The molecule has 1 unspecified atom stereocenters. The van der Waals surface area contributed by atoms with Crippen LogP contribution in [0.5, 0.6) is 0 Å². The minimum absolute atomic E-state index is 0. The van der Waals surface area contributed by atoms with Crippen LogP contribution in [0.25, 0.3) is 0 Å². The van der Waals surface area contributed by atoms with Gasteiger partial charge in [-0.1, -0.05) is 51.9 Å². The van der Waals surface area contributed by atoms with Crippen molar-refractivity contribution in [3.8, 4) is 0 Å². The first-order valence-electron chi connectivity index (χ1n) is 5.65. The number of rotatable bonds is 9. The third kappa shape index (κ3) is 12.4. The molecule has 0 heterocycles. The Hall–Kier alpha value is 0.430. The maximum Gasteiger partial charge on any atom is 1.00 e. The Labute approximate surface area is 115 Å². The summed E-state index contributed by atoms with van der Waals surface area (Å²) >= 11 is 0. The van der Waals surface area contributed by atoms with Crippen molar-refractivity contribution >= 4 is 5.97 Å². The van der Waals surface area contributed by atoms with E-state index in [-0.39, 0.29) is 29.6 Å². The van der Waals surface area contributed by atoms with Crippen LogP contribution in [0.1, 0.15) is 58.3 Å². The molecule has 0 rings (SSSR count). The largest absolute Gasteiger partial charge is 1.00 e. The molecular formula is C11H22NNaO2. The van der Waals surface area contributed by atoms with E-state index in [2.05, 4.69) is 6.92 Å². The average Bonchev–Trinajstić information content (AvgIpc) is 2.16. The number of nitrogens with two attached hydrogens (primary N) is 1. The van der Waals surface area contributed by atoms with Crippen LogP contribution < -0.4 is 40.4 Å². The first-order valence-corrected chi connectivity index (χ1v) is 5.65. The SMILES string of the molecule is CCCCCCCCCC(N)C(=O)[O-].[Na+]. The third-order valence-electron chi connectivity index (χ3n) is 2.42. The van der Waals surface area contributed by atoms with Crippen molar-refractivity contribution in [3.63, 3.8) is 0 Å². The summed E-state index contributed by atoms with van der Waals surface area (Å²) in [6, 6.07) is -0.773. The zero-order valence-electron chi connectivity index (χ0n) is 10.1. The number of hydrogen-bond donors (Lipinski definition) is 1. The Bertz CT molecular complexity index is 154. The fourth-order valence-electron chi connectivity index (χ4n) is 1.44. The van der Waals surface area contributed by atoms with Crippen molar-refractivity contribution in [2.24, 2.45) is 5.73 Å². The second kappa shape index (κ2) is 12.5. The van der Waals surface area contributed by atoms with Crippen molar-refractivity contribution in [2.45, 2.75) is 64.3 Å². The number of hydrogen-bond acceptors (Lipinski definition) is 3. The molecule has 0 saturated heterocycles. The molecule has 0 bridgehead atoms. The van der Waals surface area contributed by atoms with Crippen LogP contribution in [-0.2, 0) is 4.79 Å². The summed E-state index contributed by atoms with van der Waals surface area (Å²) in [5, 5.41) is 10.3. The van der Waals surface area contributed by atoms with Gasteiger partial charge in [0.25, 0.3) is 0 Å². The summed E-state index contributed by atoms with van der Waals surface area (Å²) in [4.78, 5) is 10.3. The zero-order valence-corrected chi connectivity index (χ0v) is 12.1. The van der Waals surface area contributed by atoms with Crippen molar-refractivity contribution in [1.29, 1.82) is 0 Å². The third-order valence-corrected chi connectivity index (χ3v) is 2.42. The summed E-state index contributed by atoms with van der Waals surface area (Å²) in [5.74, 6) is -1.13. The van der Waals surface area contributed by atoms with Crippen LogP contribution in [0.4, 0.5) is 0 Å². The zero-order chi connectivity index (χ0) is 10.8. The van der Waals surface area contributed by atoms with Crippen LogP contribution in [0.3, 0.4) is 0 Å². The number of carbonyl (C=O) groups excluding carboxylic acids is 1. The maximum atomic E-state index is 10.3. The monoisotopic (exact) mass is 223 g/mol. The Morgan fingerprint density at radius 2 is 1.60 bits per heavy atom. The molecule has 0 aromatic carbocycles. The molecule has 0 saturated carbocycles. The molecule has 0 radical (unpaired) electrons. The predicted octanol–water partition coefficient (Wildman–Crippen LogP) is -1.79. The Morgan fingerprint density at radius 3 is 2.07 bits per heavy atom. The summed E-state index contributed by atoms with van der Waals surface area (Å²) < 4.78 is 0. The predicted molar refractivity (Wildman–Crippen MR) is 55.6 cm³/mol. The van der Waals surface area contributed by atoms with Gasteiger partial charge in [-0.05, 0) is 6.42 Å².